The molecule has 19 heavy (non-hydrogen) atoms. The molecular formula is C11H12ClNO5S. The average molecular weight is 306 g/mol. The third-order valence-electron chi connectivity index (χ3n) is 2.43. The second kappa shape index (κ2) is 5.28. The Hall–Kier alpha value is -1.44. The van der Waals surface area contributed by atoms with Crippen molar-refractivity contribution in [1.29, 1.82) is 0 Å². The Balaban J connectivity index is 3.52. The molecule has 0 heterocycles. The van der Waals surface area contributed by atoms with Gasteiger partial charge in [0.25, 0.3) is 10.1 Å². The number of carbonyl (C=O) groups excluding carboxylic acids is 2. The number of aryl methyl sites for hydroxylation is 1. The SMILES string of the molecule is CC(=O)CC(=O)c1c(C)cc(S(=O)(=O)O)c(Cl)c1N. The van der Waals surface area contributed by atoms with Crippen molar-refractivity contribution in [1.82, 2.24) is 0 Å². The Kier molecular flexibility index (Phi) is 4.34. The van der Waals surface area contributed by atoms with E-state index in [1.807, 2.05) is 0 Å². The number of nitrogen functional groups attached to an aromatic ring is 1. The van der Waals surface area contributed by atoms with Crippen LogP contribution in [-0.4, -0.2) is 24.5 Å². The minimum Gasteiger partial charge on any atom is -0.397 e. The molecule has 8 heteroatoms. The molecule has 1 aromatic carbocycles. The predicted octanol–water partition coefficient (Wildman–Crippen LogP) is 1.64. The van der Waals surface area contributed by atoms with Gasteiger partial charge in [-0.25, -0.2) is 0 Å². The Morgan fingerprint density at radius 1 is 1.42 bits per heavy atom. The minimum atomic E-state index is -4.53. The van der Waals surface area contributed by atoms with Gasteiger partial charge in [0, 0.05) is 5.56 Å². The third-order valence-corrected chi connectivity index (χ3v) is 3.83. The van der Waals surface area contributed by atoms with Gasteiger partial charge in [0.2, 0.25) is 0 Å². The lowest BCUT2D eigenvalue weighted by Crippen LogP contribution is -2.12. The maximum absolute atomic E-state index is 11.8. The first-order valence-electron chi connectivity index (χ1n) is 5.14. The van der Waals surface area contributed by atoms with Crippen LogP contribution in [0.2, 0.25) is 5.02 Å². The highest BCUT2D eigenvalue weighted by molar-refractivity contribution is 7.86. The van der Waals surface area contributed by atoms with Gasteiger partial charge in [-0.1, -0.05) is 11.6 Å². The molecule has 6 nitrogen and oxygen atoms in total. The molecule has 1 aromatic rings. The van der Waals surface area contributed by atoms with Crippen LogP contribution in [0.1, 0.15) is 29.3 Å². The summed E-state index contributed by atoms with van der Waals surface area (Å²) in [5.41, 5.74) is 5.57. The lowest BCUT2D eigenvalue weighted by atomic mass is 9.99. The lowest BCUT2D eigenvalue weighted by Gasteiger charge is -2.12. The highest BCUT2D eigenvalue weighted by Gasteiger charge is 2.24. The number of hydrogen-bond acceptors (Lipinski definition) is 5. The van der Waals surface area contributed by atoms with Crippen molar-refractivity contribution in [3.05, 3.63) is 22.2 Å². The summed E-state index contributed by atoms with van der Waals surface area (Å²) in [6, 6.07) is 1.04. The van der Waals surface area contributed by atoms with E-state index >= 15 is 0 Å². The molecule has 0 fully saturated rings. The number of carbonyl (C=O) groups is 2. The Morgan fingerprint density at radius 3 is 2.37 bits per heavy atom. The summed E-state index contributed by atoms with van der Waals surface area (Å²) < 4.78 is 31.2. The van der Waals surface area contributed by atoms with E-state index in [1.54, 1.807) is 0 Å². The van der Waals surface area contributed by atoms with Gasteiger partial charge in [-0.15, -0.1) is 0 Å². The lowest BCUT2D eigenvalue weighted by molar-refractivity contribution is -0.116. The number of anilines is 1. The summed E-state index contributed by atoms with van der Waals surface area (Å²) in [4.78, 5) is 22.2. The van der Waals surface area contributed by atoms with Gasteiger partial charge in [0.05, 0.1) is 17.1 Å². The fourth-order valence-corrected chi connectivity index (χ4v) is 2.76. The van der Waals surface area contributed by atoms with E-state index in [2.05, 4.69) is 0 Å². The van der Waals surface area contributed by atoms with E-state index in [1.165, 1.54) is 13.8 Å². The van der Waals surface area contributed by atoms with Gasteiger partial charge in [-0.3, -0.25) is 14.1 Å². The molecule has 0 unspecified atom stereocenters. The van der Waals surface area contributed by atoms with Gasteiger partial charge in [0.1, 0.15) is 10.7 Å². The number of ketones is 2. The third kappa shape index (κ3) is 3.31. The Bertz CT molecular complexity index is 666. The number of rotatable bonds is 4. The maximum atomic E-state index is 11.8. The molecular weight excluding hydrogens is 294 g/mol. The summed E-state index contributed by atoms with van der Waals surface area (Å²) in [6.45, 7) is 2.69. The zero-order valence-electron chi connectivity index (χ0n) is 10.2. The van der Waals surface area contributed by atoms with Crippen molar-refractivity contribution in [2.75, 3.05) is 5.73 Å². The first-order valence-corrected chi connectivity index (χ1v) is 6.96. The van der Waals surface area contributed by atoms with Crippen molar-refractivity contribution in [2.45, 2.75) is 25.2 Å². The zero-order chi connectivity index (χ0) is 15.0. The molecule has 0 amide bonds. The quantitative estimate of drug-likeness (QED) is 0.378. The molecule has 1 rings (SSSR count). The van der Waals surface area contributed by atoms with Crippen LogP contribution in [0.5, 0.6) is 0 Å². The number of halogens is 1. The molecule has 0 spiro atoms. The summed E-state index contributed by atoms with van der Waals surface area (Å²) >= 11 is 5.73. The predicted molar refractivity (Wildman–Crippen MR) is 70.0 cm³/mol. The maximum Gasteiger partial charge on any atom is 0.296 e. The van der Waals surface area contributed by atoms with Crippen molar-refractivity contribution in [2.24, 2.45) is 0 Å². The van der Waals surface area contributed by atoms with Crippen molar-refractivity contribution >= 4 is 39.0 Å². The molecule has 0 aromatic heterocycles. The second-order valence-electron chi connectivity index (χ2n) is 4.07. The Morgan fingerprint density at radius 2 is 1.95 bits per heavy atom. The van der Waals surface area contributed by atoms with E-state index in [4.69, 9.17) is 21.9 Å². The van der Waals surface area contributed by atoms with Crippen molar-refractivity contribution in [3.8, 4) is 0 Å². The molecule has 0 saturated carbocycles. The number of Topliss-reactive ketones (excluding diaryl/α,β-unsaturated/α-hetero) is 2. The molecule has 0 atom stereocenters. The summed E-state index contributed by atoms with van der Waals surface area (Å²) in [5, 5.41) is -0.431. The molecule has 0 radical (unpaired) electrons. The second-order valence-corrected chi connectivity index (χ2v) is 5.84. The van der Waals surface area contributed by atoms with E-state index in [9.17, 15) is 18.0 Å². The summed E-state index contributed by atoms with van der Waals surface area (Å²) in [6.07, 6.45) is -0.355. The molecule has 104 valence electrons. The van der Waals surface area contributed by atoms with E-state index in [0.717, 1.165) is 6.07 Å². The molecule has 0 aliphatic rings. The average Bonchev–Trinajstić information content (AvgIpc) is 2.20. The van der Waals surface area contributed by atoms with Gasteiger partial charge in [-0.05, 0) is 25.5 Å². The molecule has 0 bridgehead atoms. The largest absolute Gasteiger partial charge is 0.397 e. The fourth-order valence-electron chi connectivity index (χ4n) is 1.66. The highest BCUT2D eigenvalue weighted by Crippen LogP contribution is 2.33. The van der Waals surface area contributed by atoms with E-state index < -0.39 is 25.8 Å². The fraction of sp³-hybridized carbons (Fsp3) is 0.273. The molecule has 0 aliphatic carbocycles. The normalized spacial score (nSPS) is 11.4. The number of nitrogens with two attached hydrogens (primary N) is 1. The van der Waals surface area contributed by atoms with Crippen LogP contribution in [0.4, 0.5) is 5.69 Å². The van der Waals surface area contributed by atoms with Gasteiger partial charge in [-0.2, -0.15) is 8.42 Å². The minimum absolute atomic E-state index is 0.00685. The van der Waals surface area contributed by atoms with E-state index in [-0.39, 0.29) is 29.0 Å². The highest BCUT2D eigenvalue weighted by atomic mass is 35.5. The van der Waals surface area contributed by atoms with Crippen LogP contribution >= 0.6 is 11.6 Å². The monoisotopic (exact) mass is 305 g/mol. The number of hydrogen-bond donors (Lipinski definition) is 2. The van der Waals surface area contributed by atoms with Crippen molar-refractivity contribution in [3.63, 3.8) is 0 Å². The van der Waals surface area contributed by atoms with Gasteiger partial charge < -0.3 is 5.73 Å². The van der Waals surface area contributed by atoms with Crippen LogP contribution in [-0.2, 0) is 14.9 Å². The van der Waals surface area contributed by atoms with Crippen LogP contribution in [0, 0.1) is 6.92 Å². The van der Waals surface area contributed by atoms with Gasteiger partial charge in [0.15, 0.2) is 5.78 Å². The number of benzene rings is 1. The molecule has 0 aliphatic heterocycles. The van der Waals surface area contributed by atoms with Crippen molar-refractivity contribution < 1.29 is 22.6 Å². The van der Waals surface area contributed by atoms with Gasteiger partial charge >= 0.3 is 0 Å². The smallest absolute Gasteiger partial charge is 0.296 e. The summed E-state index contributed by atoms with van der Waals surface area (Å²) in [5.74, 6) is -0.898. The first kappa shape index (κ1) is 15.6. The van der Waals surface area contributed by atoms with Crippen LogP contribution < -0.4 is 5.73 Å². The standard InChI is InChI=1S/C11H12ClNO5S/c1-5-3-8(19(16,17)18)10(12)11(13)9(5)7(15)4-6(2)14/h3H,4,13H2,1-2H3,(H,16,17,18). The van der Waals surface area contributed by atoms with Crippen LogP contribution in [0.15, 0.2) is 11.0 Å². The molecule has 3 N–H and O–H groups in total. The van der Waals surface area contributed by atoms with Crippen LogP contribution in [0.3, 0.4) is 0 Å². The Labute approximate surface area is 115 Å². The van der Waals surface area contributed by atoms with E-state index in [0.29, 0.717) is 0 Å². The zero-order valence-corrected chi connectivity index (χ0v) is 11.8. The first-order chi connectivity index (χ1) is 8.55. The van der Waals surface area contributed by atoms with Crippen LogP contribution in [0.25, 0.3) is 0 Å². The summed E-state index contributed by atoms with van der Waals surface area (Å²) in [7, 11) is -4.53. The molecule has 0 saturated heterocycles. The topological polar surface area (TPSA) is 115 Å².